The summed E-state index contributed by atoms with van der Waals surface area (Å²) in [5, 5.41) is 6.25. The van der Waals surface area contributed by atoms with Crippen LogP contribution in [0.1, 0.15) is 0 Å². The predicted molar refractivity (Wildman–Crippen MR) is 69.4 cm³/mol. The Labute approximate surface area is 145 Å². The van der Waals surface area contributed by atoms with Gasteiger partial charge in [0.15, 0.2) is 0 Å². The van der Waals surface area contributed by atoms with Crippen LogP contribution in [0.15, 0.2) is 11.4 Å². The Kier molecular flexibility index (Phi) is 41.4. The fourth-order valence-electron chi connectivity index (χ4n) is 0. The number of rotatable bonds is 2. The van der Waals surface area contributed by atoms with Gasteiger partial charge >= 0.3 is 54.8 Å². The molecular formula is C11H22CuLi2NSi2. The summed E-state index contributed by atoms with van der Waals surface area (Å²) in [6, 6.07) is 0. The Hall–Kier alpha value is 1.12. The first-order chi connectivity index (χ1) is 6.12. The Bertz CT molecular complexity index is 166. The summed E-state index contributed by atoms with van der Waals surface area (Å²) in [7, 11) is -1.96. The summed E-state index contributed by atoms with van der Waals surface area (Å²) in [5.41, 5.74) is 3.65. The minimum absolute atomic E-state index is 0. The van der Waals surface area contributed by atoms with Crippen molar-refractivity contribution in [3.63, 3.8) is 0 Å². The quantitative estimate of drug-likeness (QED) is 0.420. The van der Waals surface area contributed by atoms with Gasteiger partial charge in [0.2, 0.25) is 0 Å². The average Bonchev–Trinajstić information content (AvgIpc) is 2.07. The molecule has 0 aromatic carbocycles. The van der Waals surface area contributed by atoms with Crippen molar-refractivity contribution in [2.75, 3.05) is 0 Å². The van der Waals surface area contributed by atoms with Gasteiger partial charge < -0.3 is 25.0 Å². The summed E-state index contributed by atoms with van der Waals surface area (Å²) in [5.74, 6) is 0. The van der Waals surface area contributed by atoms with Crippen LogP contribution in [0, 0.1) is 25.0 Å². The number of hydrogen-bond acceptors (Lipinski definition) is 1. The minimum Gasteiger partial charge on any atom is -0.522 e. The maximum absolute atomic E-state index is 6.25. The van der Waals surface area contributed by atoms with Crippen LogP contribution < -0.4 is 37.7 Å². The Morgan fingerprint density at radius 1 is 0.765 bits per heavy atom. The van der Waals surface area contributed by atoms with Crippen LogP contribution in [0.3, 0.4) is 0 Å². The average molecular weight is 302 g/mol. The van der Waals surface area contributed by atoms with E-state index in [9.17, 15) is 0 Å². The molecule has 0 saturated heterocycles. The summed E-state index contributed by atoms with van der Waals surface area (Å²) >= 11 is 0. The van der Waals surface area contributed by atoms with Crippen molar-refractivity contribution in [2.24, 2.45) is 0 Å². The van der Waals surface area contributed by atoms with Gasteiger partial charge in [0.25, 0.3) is 0 Å². The monoisotopic (exact) mass is 301 g/mol. The van der Waals surface area contributed by atoms with E-state index in [1.165, 1.54) is 0 Å². The molecule has 0 aliphatic carbocycles. The molecule has 0 fully saturated rings. The van der Waals surface area contributed by atoms with Crippen molar-refractivity contribution >= 4 is 16.1 Å². The SMILES string of the molecule is [C-]#N.[CH-]=C[Si](C)(C)C.[CH-]=C[Si](C)(C)C.[Cu+].[Li+].[Li+]. The summed E-state index contributed by atoms with van der Waals surface area (Å²) in [6.07, 6.45) is 0. The van der Waals surface area contributed by atoms with E-state index in [4.69, 9.17) is 25.0 Å². The Morgan fingerprint density at radius 2 is 0.824 bits per heavy atom. The van der Waals surface area contributed by atoms with Gasteiger partial charge in [0.05, 0.1) is 0 Å². The zero-order valence-corrected chi connectivity index (χ0v) is 15.5. The second kappa shape index (κ2) is 19.5. The first-order valence-electron chi connectivity index (χ1n) is 4.47. The smallest absolute Gasteiger partial charge is 0.522 e. The first kappa shape index (κ1) is 36.2. The normalized spacial score (nSPS) is 8.00. The molecule has 0 heterocycles. The third-order valence-electron chi connectivity index (χ3n) is 1.00. The zero-order valence-electron chi connectivity index (χ0n) is 12.6. The molecule has 0 aromatic heterocycles. The fourth-order valence-corrected chi connectivity index (χ4v) is 0. The van der Waals surface area contributed by atoms with E-state index in [-0.39, 0.29) is 54.8 Å². The molecule has 0 unspecified atom stereocenters. The van der Waals surface area contributed by atoms with Crippen molar-refractivity contribution in [1.29, 1.82) is 5.26 Å². The van der Waals surface area contributed by atoms with E-state index in [0.29, 0.717) is 0 Å². The van der Waals surface area contributed by atoms with E-state index in [0.717, 1.165) is 0 Å². The molecule has 0 aliphatic rings. The van der Waals surface area contributed by atoms with E-state index in [1.54, 1.807) is 0 Å². The summed E-state index contributed by atoms with van der Waals surface area (Å²) in [4.78, 5) is 0. The van der Waals surface area contributed by atoms with E-state index in [2.05, 4.69) is 39.3 Å². The molecule has 92 valence electrons. The second-order valence-electron chi connectivity index (χ2n) is 5.07. The molecule has 0 aromatic rings. The van der Waals surface area contributed by atoms with Crippen molar-refractivity contribution in [1.82, 2.24) is 0 Å². The van der Waals surface area contributed by atoms with E-state index in [1.807, 2.05) is 11.4 Å². The fraction of sp³-hybridized carbons (Fsp3) is 0.545. The first-order valence-corrected chi connectivity index (χ1v) is 11.6. The molecule has 6 heteroatoms. The van der Waals surface area contributed by atoms with Crippen molar-refractivity contribution in [3.8, 4) is 0 Å². The van der Waals surface area contributed by atoms with E-state index < -0.39 is 16.1 Å². The van der Waals surface area contributed by atoms with Crippen LogP contribution in [0.5, 0.6) is 0 Å². The second-order valence-corrected chi connectivity index (χ2v) is 15.2. The van der Waals surface area contributed by atoms with Gasteiger partial charge in [-0.3, -0.25) is 11.4 Å². The van der Waals surface area contributed by atoms with Crippen LogP contribution in [0.25, 0.3) is 0 Å². The van der Waals surface area contributed by atoms with Crippen LogP contribution in [0.2, 0.25) is 39.3 Å². The Balaban J connectivity index is -0.0000000268. The maximum atomic E-state index is 6.25. The molecule has 0 amide bonds. The number of nitrogens with zero attached hydrogens (tertiary/aromatic N) is 1. The van der Waals surface area contributed by atoms with Gasteiger partial charge in [-0.25, -0.2) is 0 Å². The molecule has 0 saturated carbocycles. The Morgan fingerprint density at radius 3 is 0.824 bits per heavy atom. The molecule has 1 nitrogen and oxygen atoms in total. The van der Waals surface area contributed by atoms with Crippen molar-refractivity contribution in [3.05, 3.63) is 31.1 Å². The van der Waals surface area contributed by atoms with Crippen molar-refractivity contribution < 1.29 is 54.8 Å². The molecule has 0 N–H and O–H groups in total. The summed E-state index contributed by atoms with van der Waals surface area (Å²) < 4.78 is 0. The molecular weight excluding hydrogens is 280 g/mol. The van der Waals surface area contributed by atoms with Gasteiger partial charge in [-0.2, -0.15) is 0 Å². The van der Waals surface area contributed by atoms with Gasteiger partial charge in [-0.05, 0) is 0 Å². The summed E-state index contributed by atoms with van der Waals surface area (Å²) in [6.45, 7) is 28.4. The van der Waals surface area contributed by atoms with Crippen LogP contribution in [-0.4, -0.2) is 16.1 Å². The third-order valence-corrected chi connectivity index (χ3v) is 3.00. The van der Waals surface area contributed by atoms with Crippen LogP contribution >= 0.6 is 0 Å². The number of hydrogen-bond donors (Lipinski definition) is 0. The van der Waals surface area contributed by atoms with Gasteiger partial charge in [-0.15, -0.1) is 0 Å². The molecule has 0 bridgehead atoms. The molecule has 0 aliphatic heterocycles. The minimum atomic E-state index is -0.978. The van der Waals surface area contributed by atoms with Gasteiger partial charge in [0.1, 0.15) is 0 Å². The third kappa shape index (κ3) is 77.2. The largest absolute Gasteiger partial charge is 1.00 e. The van der Waals surface area contributed by atoms with Gasteiger partial charge in [-0.1, -0.05) is 39.3 Å². The molecule has 17 heavy (non-hydrogen) atoms. The van der Waals surface area contributed by atoms with E-state index >= 15 is 0 Å². The predicted octanol–water partition coefficient (Wildman–Crippen LogP) is -2.19. The molecule has 0 atom stereocenters. The molecule has 0 rings (SSSR count). The topological polar surface area (TPSA) is 23.8 Å². The van der Waals surface area contributed by atoms with Crippen LogP contribution in [-0.2, 0) is 17.1 Å². The van der Waals surface area contributed by atoms with Gasteiger partial charge in [0, 0.05) is 16.1 Å². The zero-order chi connectivity index (χ0) is 12.4. The molecule has 0 radical (unpaired) electrons. The standard InChI is InChI=1S/2C5H11Si.CN.Cu.2Li/c2*1-5-6(2,3)4;1-2;;;/h2*1,5H,2-4H3;;;;/q3*-1;3*+1. The van der Waals surface area contributed by atoms with Crippen molar-refractivity contribution in [2.45, 2.75) is 39.3 Å². The van der Waals surface area contributed by atoms with Crippen LogP contribution in [0.4, 0.5) is 0 Å². The molecule has 0 spiro atoms. The maximum Gasteiger partial charge on any atom is 1.00 e.